The predicted molar refractivity (Wildman–Crippen MR) is 195 cm³/mol. The topological polar surface area (TPSA) is 128 Å². The van der Waals surface area contributed by atoms with Crippen LogP contribution in [0.1, 0.15) is 78.3 Å². The van der Waals surface area contributed by atoms with Gasteiger partial charge in [-0.25, -0.2) is 15.2 Å². The Hall–Kier alpha value is -4.29. The van der Waals surface area contributed by atoms with Crippen molar-refractivity contribution in [2.75, 3.05) is 13.2 Å². The number of thiazole rings is 1. The van der Waals surface area contributed by atoms with Crippen molar-refractivity contribution in [1.29, 1.82) is 0 Å². The maximum absolute atomic E-state index is 14.0. The molecule has 1 fully saturated rings. The lowest BCUT2D eigenvalue weighted by Gasteiger charge is -2.35. The van der Waals surface area contributed by atoms with Crippen LogP contribution in [-0.2, 0) is 44.9 Å². The Morgan fingerprint density at radius 2 is 2.00 bits per heavy atom. The number of pyridine rings is 1. The molecule has 2 amide bonds. The number of nitrogens with zero attached hydrogens (tertiary/aromatic N) is 4. The van der Waals surface area contributed by atoms with Crippen molar-refractivity contribution in [2.45, 2.75) is 105 Å². The second kappa shape index (κ2) is 14.1. The summed E-state index contributed by atoms with van der Waals surface area (Å²) in [7, 11) is 0. The fraction of sp³-hybridized carbons (Fsp3) is 0.500. The van der Waals surface area contributed by atoms with Crippen LogP contribution in [0.15, 0.2) is 41.9 Å². The molecule has 266 valence electrons. The van der Waals surface area contributed by atoms with Crippen LogP contribution in [-0.4, -0.2) is 68.4 Å². The number of fused-ring (bicyclic) bond motifs is 6. The second-order valence-corrected chi connectivity index (χ2v) is 15.8. The Kier molecular flexibility index (Phi) is 10.1. The Morgan fingerprint density at radius 3 is 2.74 bits per heavy atom. The molecule has 1 saturated heterocycles. The molecule has 1 aromatic carbocycles. The average Bonchev–Trinajstić information content (AvgIpc) is 3.67. The van der Waals surface area contributed by atoms with Gasteiger partial charge in [0.25, 0.3) is 5.91 Å². The third kappa shape index (κ3) is 7.56. The zero-order valence-corrected chi connectivity index (χ0v) is 30.9. The Morgan fingerprint density at radius 1 is 1.20 bits per heavy atom. The summed E-state index contributed by atoms with van der Waals surface area (Å²) in [6, 6.07) is 8.94. The van der Waals surface area contributed by atoms with Crippen molar-refractivity contribution in [3.63, 3.8) is 0 Å². The van der Waals surface area contributed by atoms with E-state index in [9.17, 15) is 14.4 Å². The van der Waals surface area contributed by atoms with Gasteiger partial charge in [-0.1, -0.05) is 20.8 Å². The number of esters is 1. The number of cyclic esters (lactones) is 1. The van der Waals surface area contributed by atoms with Gasteiger partial charge in [0.05, 0.1) is 18.0 Å². The predicted octanol–water partition coefficient (Wildman–Crippen LogP) is 6.47. The zero-order valence-electron chi connectivity index (χ0n) is 30.1. The third-order valence-corrected chi connectivity index (χ3v) is 10.1. The molecule has 2 aliphatic heterocycles. The van der Waals surface area contributed by atoms with E-state index in [2.05, 4.69) is 67.3 Å². The number of rotatable bonds is 4. The van der Waals surface area contributed by atoms with Crippen LogP contribution in [0.2, 0.25) is 0 Å². The lowest BCUT2D eigenvalue weighted by molar-refractivity contribution is -0.155. The van der Waals surface area contributed by atoms with Gasteiger partial charge in [0.15, 0.2) is 0 Å². The minimum Gasteiger partial charge on any atom is -0.464 e. The van der Waals surface area contributed by atoms with Crippen LogP contribution in [0.4, 0.5) is 4.79 Å². The number of benzene rings is 1. The summed E-state index contributed by atoms with van der Waals surface area (Å²) in [6.45, 7) is 15.2. The van der Waals surface area contributed by atoms with Gasteiger partial charge < -0.3 is 19.4 Å². The average molecular weight is 701 g/mol. The van der Waals surface area contributed by atoms with Crippen molar-refractivity contribution in [3.05, 3.63) is 58.9 Å². The number of hydrazine groups is 1. The highest BCUT2D eigenvalue weighted by Crippen LogP contribution is 2.41. The molecule has 4 aromatic rings. The standard InChI is InChI=1S/C38H48N6O5S/c1-8-28-25(12-10-16-39-28)32-27-20-38(6,7)22-48-35(46)29-13-11-17-44(42-29)34(45)30(41-36(47)49-37(3,4)5)19-24-21-50-33(40-24)23-14-15-31(26(27)18-23)43(32)9-2/h10,12,14-16,18,21,29-30,42H,8-9,11,13,17,19-20,22H2,1-7H3,(H,41,47)/t29-,30-/m0/s1. The maximum Gasteiger partial charge on any atom is 0.408 e. The normalized spacial score (nSPS) is 19.9. The molecule has 50 heavy (non-hydrogen) atoms. The SMILES string of the molecule is CCc1ncccc1-c1c2c3cc(ccc3n1CC)-c1nc(cs1)C[C@H](NC(=O)OC(C)(C)C)C(=O)N1CCC[C@H](N1)C(=O)OCC(C)(C)C2. The van der Waals surface area contributed by atoms with E-state index >= 15 is 0 Å². The molecule has 2 N–H and O–H groups in total. The van der Waals surface area contributed by atoms with Gasteiger partial charge in [0.2, 0.25) is 0 Å². The minimum atomic E-state index is -0.970. The molecule has 11 nitrogen and oxygen atoms in total. The fourth-order valence-corrected chi connectivity index (χ4v) is 7.73. The summed E-state index contributed by atoms with van der Waals surface area (Å²) < 4.78 is 13.9. The number of aryl methyl sites for hydroxylation is 2. The summed E-state index contributed by atoms with van der Waals surface area (Å²) >= 11 is 1.51. The first kappa shape index (κ1) is 35.5. The van der Waals surface area contributed by atoms with E-state index in [0.29, 0.717) is 31.5 Å². The van der Waals surface area contributed by atoms with Gasteiger partial charge in [-0.15, -0.1) is 11.3 Å². The number of alkyl carbamates (subject to hydrolysis) is 1. The summed E-state index contributed by atoms with van der Waals surface area (Å²) in [5, 5.41) is 8.08. The number of amides is 2. The van der Waals surface area contributed by atoms with E-state index in [0.717, 1.165) is 51.4 Å². The van der Waals surface area contributed by atoms with Gasteiger partial charge in [-0.3, -0.25) is 19.6 Å². The number of nitrogens with one attached hydrogen (secondary N) is 2. The Bertz CT molecular complexity index is 1910. The molecule has 6 rings (SSSR count). The summed E-state index contributed by atoms with van der Waals surface area (Å²) in [6.07, 6.45) is 3.89. The number of hydrogen-bond acceptors (Lipinski definition) is 9. The molecule has 2 aliphatic rings. The van der Waals surface area contributed by atoms with Crippen LogP contribution < -0.4 is 10.7 Å². The van der Waals surface area contributed by atoms with Crippen LogP contribution >= 0.6 is 11.3 Å². The molecule has 3 aromatic heterocycles. The summed E-state index contributed by atoms with van der Waals surface area (Å²) in [5.74, 6) is -0.776. The smallest absolute Gasteiger partial charge is 0.408 e. The Labute approximate surface area is 297 Å². The quantitative estimate of drug-likeness (QED) is 0.232. The monoisotopic (exact) mass is 700 g/mol. The molecule has 0 unspecified atom stereocenters. The van der Waals surface area contributed by atoms with Crippen molar-refractivity contribution < 1.29 is 23.9 Å². The van der Waals surface area contributed by atoms with Crippen LogP contribution in [0.3, 0.4) is 0 Å². The highest BCUT2D eigenvalue weighted by atomic mass is 32.1. The van der Waals surface area contributed by atoms with Crippen molar-refractivity contribution in [2.24, 2.45) is 5.41 Å². The van der Waals surface area contributed by atoms with E-state index < -0.39 is 35.2 Å². The van der Waals surface area contributed by atoms with Crippen LogP contribution in [0.5, 0.6) is 0 Å². The van der Waals surface area contributed by atoms with Gasteiger partial charge in [0.1, 0.15) is 22.7 Å². The Balaban J connectivity index is 1.48. The molecular weight excluding hydrogens is 653 g/mol. The number of ether oxygens (including phenoxy) is 2. The van der Waals surface area contributed by atoms with Gasteiger partial charge in [0, 0.05) is 64.2 Å². The van der Waals surface area contributed by atoms with Crippen LogP contribution in [0.25, 0.3) is 32.7 Å². The maximum atomic E-state index is 14.0. The van der Waals surface area contributed by atoms with Crippen molar-refractivity contribution in [3.8, 4) is 21.8 Å². The first-order valence-corrected chi connectivity index (χ1v) is 18.4. The highest BCUT2D eigenvalue weighted by Gasteiger charge is 2.36. The summed E-state index contributed by atoms with van der Waals surface area (Å²) in [4.78, 5) is 50.1. The van der Waals surface area contributed by atoms with E-state index in [-0.39, 0.29) is 18.9 Å². The van der Waals surface area contributed by atoms with E-state index in [1.54, 1.807) is 20.8 Å². The molecule has 6 bridgehead atoms. The van der Waals surface area contributed by atoms with E-state index in [4.69, 9.17) is 19.4 Å². The lowest BCUT2D eigenvalue weighted by atomic mass is 9.84. The molecule has 0 aliphatic carbocycles. The molecule has 12 heteroatoms. The fourth-order valence-electron chi connectivity index (χ4n) is 6.90. The summed E-state index contributed by atoms with van der Waals surface area (Å²) in [5.41, 5.74) is 9.14. The zero-order chi connectivity index (χ0) is 35.8. The molecule has 5 heterocycles. The van der Waals surface area contributed by atoms with E-state index in [1.807, 2.05) is 17.6 Å². The number of aromatic nitrogens is 3. The second-order valence-electron chi connectivity index (χ2n) is 15.0. The van der Waals surface area contributed by atoms with E-state index in [1.165, 1.54) is 21.9 Å². The van der Waals surface area contributed by atoms with Crippen LogP contribution in [0, 0.1) is 5.41 Å². The van der Waals surface area contributed by atoms with Gasteiger partial charge in [-0.2, -0.15) is 0 Å². The van der Waals surface area contributed by atoms with Crippen molar-refractivity contribution >= 4 is 40.2 Å². The number of carbonyl (C=O) groups is 3. The van der Waals surface area contributed by atoms with Gasteiger partial charge >= 0.3 is 12.1 Å². The first-order chi connectivity index (χ1) is 23.8. The first-order valence-electron chi connectivity index (χ1n) is 17.5. The minimum absolute atomic E-state index is 0.153. The number of carbonyl (C=O) groups excluding carboxylic acids is 3. The van der Waals surface area contributed by atoms with Crippen molar-refractivity contribution in [1.82, 2.24) is 30.3 Å². The molecule has 2 atom stereocenters. The largest absolute Gasteiger partial charge is 0.464 e. The number of hydrogen-bond donors (Lipinski definition) is 2. The molecule has 0 spiro atoms. The molecular formula is C38H48N6O5S. The van der Waals surface area contributed by atoms with Gasteiger partial charge in [-0.05, 0) is 89.3 Å². The molecule has 0 radical (unpaired) electrons. The molecule has 0 saturated carbocycles. The lowest BCUT2D eigenvalue weighted by Crippen LogP contribution is -2.60. The highest BCUT2D eigenvalue weighted by molar-refractivity contribution is 7.13. The third-order valence-electron chi connectivity index (χ3n) is 9.16.